The maximum absolute atomic E-state index is 13.5. The number of imide groups is 1. The Balaban J connectivity index is 1.72. The number of nitrogens with one attached hydrogen (secondary N) is 1. The van der Waals surface area contributed by atoms with E-state index >= 15 is 0 Å². The predicted molar refractivity (Wildman–Crippen MR) is 130 cm³/mol. The number of hydrogen-bond donors (Lipinski definition) is 1. The molecule has 1 aliphatic rings. The molecule has 0 saturated carbocycles. The van der Waals surface area contributed by atoms with Crippen LogP contribution in [0.25, 0.3) is 5.57 Å². The molecule has 0 aromatic heterocycles. The molecular formula is C26H23ClN2O4. The third kappa shape index (κ3) is 4.71. The van der Waals surface area contributed by atoms with E-state index in [0.29, 0.717) is 27.7 Å². The van der Waals surface area contributed by atoms with Crippen molar-refractivity contribution < 1.29 is 19.1 Å². The van der Waals surface area contributed by atoms with Crippen molar-refractivity contribution in [3.05, 3.63) is 89.1 Å². The minimum absolute atomic E-state index is 0.0510. The van der Waals surface area contributed by atoms with E-state index < -0.39 is 11.8 Å². The van der Waals surface area contributed by atoms with Gasteiger partial charge >= 0.3 is 0 Å². The Bertz CT molecular complexity index is 1200. The van der Waals surface area contributed by atoms with Crippen LogP contribution in [-0.4, -0.2) is 25.0 Å². The van der Waals surface area contributed by atoms with Gasteiger partial charge in [0.05, 0.1) is 24.5 Å². The third-order valence-corrected chi connectivity index (χ3v) is 5.29. The Kier molecular flexibility index (Phi) is 6.38. The number of benzene rings is 3. The zero-order valence-electron chi connectivity index (χ0n) is 18.5. The molecule has 0 fully saturated rings. The number of nitrogens with zero attached hydrogens (tertiary/aromatic N) is 1. The van der Waals surface area contributed by atoms with Crippen LogP contribution in [0.4, 0.5) is 11.4 Å². The van der Waals surface area contributed by atoms with Crippen molar-refractivity contribution in [2.24, 2.45) is 0 Å². The van der Waals surface area contributed by atoms with Crippen LogP contribution in [0.15, 0.2) is 78.5 Å². The molecule has 1 heterocycles. The average molecular weight is 463 g/mol. The molecule has 0 saturated heterocycles. The summed E-state index contributed by atoms with van der Waals surface area (Å²) in [5.74, 6) is 0.481. The number of anilines is 2. The number of amides is 2. The molecule has 0 spiro atoms. The molecule has 4 rings (SSSR count). The summed E-state index contributed by atoms with van der Waals surface area (Å²) in [6.07, 6.45) is 0.0510. The maximum Gasteiger partial charge on any atom is 0.282 e. The minimum atomic E-state index is -0.447. The summed E-state index contributed by atoms with van der Waals surface area (Å²) in [6, 6.07) is 20.8. The molecule has 2 amide bonds. The van der Waals surface area contributed by atoms with Gasteiger partial charge in [-0.1, -0.05) is 23.7 Å². The third-order valence-electron chi connectivity index (χ3n) is 5.04. The van der Waals surface area contributed by atoms with Crippen LogP contribution in [0.1, 0.15) is 19.4 Å². The first-order valence-electron chi connectivity index (χ1n) is 10.4. The number of methoxy groups -OCH3 is 1. The van der Waals surface area contributed by atoms with Gasteiger partial charge in [-0.25, -0.2) is 4.90 Å². The van der Waals surface area contributed by atoms with E-state index in [1.54, 1.807) is 67.8 Å². The van der Waals surface area contributed by atoms with E-state index in [9.17, 15) is 9.59 Å². The van der Waals surface area contributed by atoms with Crippen LogP contribution in [-0.2, 0) is 9.59 Å². The van der Waals surface area contributed by atoms with Crippen molar-refractivity contribution in [1.29, 1.82) is 0 Å². The van der Waals surface area contributed by atoms with E-state index in [4.69, 9.17) is 21.1 Å². The minimum Gasteiger partial charge on any atom is -0.497 e. The predicted octanol–water partition coefficient (Wildman–Crippen LogP) is 5.53. The molecule has 168 valence electrons. The van der Waals surface area contributed by atoms with Gasteiger partial charge in [-0.15, -0.1) is 0 Å². The first-order chi connectivity index (χ1) is 15.9. The molecule has 3 aromatic rings. The first kappa shape index (κ1) is 22.4. The van der Waals surface area contributed by atoms with Crippen LogP contribution in [0, 0.1) is 0 Å². The van der Waals surface area contributed by atoms with Gasteiger partial charge < -0.3 is 14.8 Å². The molecule has 0 bridgehead atoms. The standard InChI is InChI=1S/C26H23ClN2O4/c1-16(2)33-22-12-8-19(9-13-22)28-24-23(17-4-6-18(27)7-5-17)25(30)29(26(24)31)20-10-14-21(32-3)15-11-20/h4-16,28H,1-3H3. The van der Waals surface area contributed by atoms with E-state index in [1.807, 2.05) is 26.0 Å². The second-order valence-electron chi connectivity index (χ2n) is 7.72. The van der Waals surface area contributed by atoms with E-state index in [0.717, 1.165) is 10.6 Å². The fraction of sp³-hybridized carbons (Fsp3) is 0.154. The highest BCUT2D eigenvalue weighted by Crippen LogP contribution is 2.35. The Hall–Kier alpha value is -3.77. The van der Waals surface area contributed by atoms with Crippen molar-refractivity contribution in [2.45, 2.75) is 20.0 Å². The molecule has 0 unspecified atom stereocenters. The quantitative estimate of drug-likeness (QED) is 0.467. The number of carbonyl (C=O) groups is 2. The van der Waals surface area contributed by atoms with Gasteiger partial charge in [-0.2, -0.15) is 0 Å². The maximum atomic E-state index is 13.5. The molecule has 3 aromatic carbocycles. The summed E-state index contributed by atoms with van der Waals surface area (Å²) in [7, 11) is 1.56. The van der Waals surface area contributed by atoms with Gasteiger partial charge in [0.15, 0.2) is 0 Å². The Morgan fingerprint density at radius 3 is 2.00 bits per heavy atom. The summed E-state index contributed by atoms with van der Waals surface area (Å²) in [5.41, 5.74) is 2.17. The zero-order chi connectivity index (χ0) is 23.5. The molecule has 0 radical (unpaired) electrons. The monoisotopic (exact) mass is 462 g/mol. The van der Waals surface area contributed by atoms with Crippen LogP contribution in [0.3, 0.4) is 0 Å². The van der Waals surface area contributed by atoms with E-state index in [1.165, 1.54) is 0 Å². The van der Waals surface area contributed by atoms with Crippen molar-refractivity contribution in [3.8, 4) is 11.5 Å². The lowest BCUT2D eigenvalue weighted by Gasteiger charge is -2.16. The van der Waals surface area contributed by atoms with Gasteiger partial charge in [-0.05, 0) is 80.1 Å². The molecule has 6 nitrogen and oxygen atoms in total. The van der Waals surface area contributed by atoms with Gasteiger partial charge in [-0.3, -0.25) is 9.59 Å². The van der Waals surface area contributed by atoms with Crippen LogP contribution in [0.5, 0.6) is 11.5 Å². The normalized spacial score (nSPS) is 13.7. The van der Waals surface area contributed by atoms with Gasteiger partial charge in [0.25, 0.3) is 11.8 Å². The molecule has 1 aliphatic heterocycles. The fourth-order valence-electron chi connectivity index (χ4n) is 3.53. The summed E-state index contributed by atoms with van der Waals surface area (Å²) >= 11 is 6.04. The number of carbonyl (C=O) groups excluding carboxylic acids is 2. The number of ether oxygens (including phenoxy) is 2. The van der Waals surface area contributed by atoms with E-state index in [2.05, 4.69) is 5.32 Å². The van der Waals surface area contributed by atoms with Crippen molar-refractivity contribution in [1.82, 2.24) is 0 Å². The average Bonchev–Trinajstić information content (AvgIpc) is 3.05. The number of halogens is 1. The van der Waals surface area contributed by atoms with Gasteiger partial charge in [0, 0.05) is 10.7 Å². The van der Waals surface area contributed by atoms with Crippen molar-refractivity contribution in [3.63, 3.8) is 0 Å². The molecule has 0 aliphatic carbocycles. The highest BCUT2D eigenvalue weighted by atomic mass is 35.5. The fourth-order valence-corrected chi connectivity index (χ4v) is 3.66. The van der Waals surface area contributed by atoms with Crippen LogP contribution < -0.4 is 19.7 Å². The highest BCUT2D eigenvalue weighted by molar-refractivity contribution is 6.46. The summed E-state index contributed by atoms with van der Waals surface area (Å²) < 4.78 is 10.9. The van der Waals surface area contributed by atoms with Crippen LogP contribution in [0.2, 0.25) is 5.02 Å². The molecule has 0 atom stereocenters. The SMILES string of the molecule is COc1ccc(N2C(=O)C(Nc3ccc(OC(C)C)cc3)=C(c3ccc(Cl)cc3)C2=O)cc1. The van der Waals surface area contributed by atoms with Gasteiger partial charge in [0.2, 0.25) is 0 Å². The highest BCUT2D eigenvalue weighted by Gasteiger charge is 2.40. The second kappa shape index (κ2) is 9.38. The Morgan fingerprint density at radius 2 is 1.42 bits per heavy atom. The van der Waals surface area contributed by atoms with Gasteiger partial charge in [0.1, 0.15) is 17.2 Å². The lowest BCUT2D eigenvalue weighted by Crippen LogP contribution is -2.32. The first-order valence-corrected chi connectivity index (χ1v) is 10.8. The van der Waals surface area contributed by atoms with E-state index in [-0.39, 0.29) is 17.4 Å². The second-order valence-corrected chi connectivity index (χ2v) is 8.15. The zero-order valence-corrected chi connectivity index (χ0v) is 19.2. The van der Waals surface area contributed by atoms with Crippen molar-refractivity contribution in [2.75, 3.05) is 17.3 Å². The summed E-state index contributed by atoms with van der Waals surface area (Å²) in [4.78, 5) is 28.1. The topological polar surface area (TPSA) is 67.9 Å². The smallest absolute Gasteiger partial charge is 0.282 e. The van der Waals surface area contributed by atoms with Crippen LogP contribution >= 0.6 is 11.6 Å². The largest absolute Gasteiger partial charge is 0.497 e. The molecule has 7 heteroatoms. The van der Waals surface area contributed by atoms with Crippen molar-refractivity contribution >= 4 is 40.4 Å². The number of rotatable bonds is 7. The lowest BCUT2D eigenvalue weighted by molar-refractivity contribution is -0.120. The Morgan fingerprint density at radius 1 is 0.818 bits per heavy atom. The lowest BCUT2D eigenvalue weighted by atomic mass is 10.0. The molecular weight excluding hydrogens is 440 g/mol. The number of hydrogen-bond acceptors (Lipinski definition) is 5. The molecule has 1 N–H and O–H groups in total. The Labute approximate surface area is 197 Å². The molecule has 33 heavy (non-hydrogen) atoms. The summed E-state index contributed by atoms with van der Waals surface area (Å²) in [6.45, 7) is 3.90. The summed E-state index contributed by atoms with van der Waals surface area (Å²) in [5, 5.41) is 3.68.